The fourth-order valence-electron chi connectivity index (χ4n) is 2.58. The minimum atomic E-state index is -3.59. The van der Waals surface area contributed by atoms with Crippen LogP contribution in [0.15, 0.2) is 59.8 Å². The highest BCUT2D eigenvalue weighted by Gasteiger charge is 2.18. The number of para-hydroxylation sites is 1. The van der Waals surface area contributed by atoms with E-state index in [-0.39, 0.29) is 4.90 Å². The zero-order valence-corrected chi connectivity index (χ0v) is 14.2. The Morgan fingerprint density at radius 2 is 2.00 bits per heavy atom. The van der Waals surface area contributed by atoms with Crippen LogP contribution in [-0.2, 0) is 16.6 Å². The number of nitrogens with one attached hydrogen (secondary N) is 1. The van der Waals surface area contributed by atoms with Gasteiger partial charge in [-0.3, -0.25) is 0 Å². The number of hydrogen-bond donors (Lipinski definition) is 1. The maximum Gasteiger partial charge on any atom is 0.244 e. The summed E-state index contributed by atoms with van der Waals surface area (Å²) in [6, 6.07) is 12.5. The summed E-state index contributed by atoms with van der Waals surface area (Å²) < 4.78 is 34.5. The van der Waals surface area contributed by atoms with Crippen LogP contribution in [-0.4, -0.2) is 31.6 Å². The van der Waals surface area contributed by atoms with E-state index >= 15 is 0 Å². The summed E-state index contributed by atoms with van der Waals surface area (Å²) in [7, 11) is -2.13. The third kappa shape index (κ3) is 3.42. The van der Waals surface area contributed by atoms with Crippen LogP contribution in [0.5, 0.6) is 5.75 Å². The molecule has 0 bridgehead atoms. The van der Waals surface area contributed by atoms with Crippen molar-refractivity contribution in [1.29, 1.82) is 0 Å². The molecule has 2 heterocycles. The summed E-state index contributed by atoms with van der Waals surface area (Å²) in [6.45, 7) is 1.03. The van der Waals surface area contributed by atoms with Crippen molar-refractivity contribution in [3.63, 3.8) is 0 Å². The largest absolute Gasteiger partial charge is 0.495 e. The van der Waals surface area contributed by atoms with Crippen LogP contribution in [0, 0.1) is 0 Å². The van der Waals surface area contributed by atoms with Crippen LogP contribution in [0.1, 0.15) is 6.42 Å². The average Bonchev–Trinajstić information content (AvgIpc) is 3.02. The molecule has 0 fully saturated rings. The van der Waals surface area contributed by atoms with Gasteiger partial charge in [0, 0.05) is 30.9 Å². The molecule has 2 aromatic heterocycles. The molecular formula is C17H19N3O3S. The molecule has 24 heavy (non-hydrogen) atoms. The summed E-state index contributed by atoms with van der Waals surface area (Å²) in [5.41, 5.74) is 0.907. The van der Waals surface area contributed by atoms with Crippen molar-refractivity contribution < 1.29 is 13.2 Å². The molecule has 0 saturated heterocycles. The Kier molecular flexibility index (Phi) is 4.82. The Morgan fingerprint density at radius 1 is 1.17 bits per heavy atom. The molecule has 0 unspecified atom stereocenters. The quantitative estimate of drug-likeness (QED) is 0.668. The third-order valence-electron chi connectivity index (χ3n) is 3.75. The van der Waals surface area contributed by atoms with E-state index in [1.54, 1.807) is 24.4 Å². The highest BCUT2D eigenvalue weighted by Crippen LogP contribution is 2.22. The number of aromatic nitrogens is 2. The molecule has 0 saturated carbocycles. The number of aryl methyl sites for hydroxylation is 1. The monoisotopic (exact) mass is 345 g/mol. The SMILES string of the molecule is COc1ccccc1S(=O)(=O)NCCCn1ccc2cccnc21. The van der Waals surface area contributed by atoms with Crippen LogP contribution in [0.2, 0.25) is 0 Å². The Bertz CT molecular complexity index is 935. The molecule has 1 aromatic carbocycles. The Hall–Kier alpha value is -2.38. The molecule has 0 aliphatic rings. The van der Waals surface area contributed by atoms with Gasteiger partial charge in [-0.15, -0.1) is 0 Å². The smallest absolute Gasteiger partial charge is 0.244 e. The van der Waals surface area contributed by atoms with E-state index in [2.05, 4.69) is 9.71 Å². The van der Waals surface area contributed by atoms with Crippen LogP contribution in [0.25, 0.3) is 11.0 Å². The molecule has 3 aromatic rings. The number of nitrogens with zero attached hydrogens (tertiary/aromatic N) is 2. The second-order valence-electron chi connectivity index (χ2n) is 5.33. The lowest BCUT2D eigenvalue weighted by molar-refractivity contribution is 0.402. The normalized spacial score (nSPS) is 11.7. The fourth-order valence-corrected chi connectivity index (χ4v) is 3.82. The van der Waals surface area contributed by atoms with Crippen molar-refractivity contribution in [3.8, 4) is 5.75 Å². The molecule has 0 amide bonds. The number of hydrogen-bond acceptors (Lipinski definition) is 4. The van der Waals surface area contributed by atoms with E-state index < -0.39 is 10.0 Å². The van der Waals surface area contributed by atoms with Gasteiger partial charge in [-0.2, -0.15) is 0 Å². The second-order valence-corrected chi connectivity index (χ2v) is 7.06. The summed E-state index contributed by atoms with van der Waals surface area (Å²) in [4.78, 5) is 4.50. The molecule has 0 aliphatic carbocycles. The first-order valence-electron chi connectivity index (χ1n) is 7.64. The van der Waals surface area contributed by atoms with E-state index in [0.29, 0.717) is 25.3 Å². The lowest BCUT2D eigenvalue weighted by Gasteiger charge is -2.10. The van der Waals surface area contributed by atoms with Gasteiger partial charge in [0.15, 0.2) is 0 Å². The molecular weight excluding hydrogens is 326 g/mol. The zero-order valence-electron chi connectivity index (χ0n) is 13.3. The van der Waals surface area contributed by atoms with Crippen LogP contribution < -0.4 is 9.46 Å². The minimum absolute atomic E-state index is 0.153. The Balaban J connectivity index is 1.62. The second kappa shape index (κ2) is 7.02. The van der Waals surface area contributed by atoms with Crippen molar-refractivity contribution in [2.45, 2.75) is 17.9 Å². The van der Waals surface area contributed by atoms with Gasteiger partial charge in [0.2, 0.25) is 10.0 Å². The van der Waals surface area contributed by atoms with Crippen LogP contribution in [0.4, 0.5) is 0 Å². The lowest BCUT2D eigenvalue weighted by Crippen LogP contribution is -2.26. The first kappa shape index (κ1) is 16.5. The zero-order chi connectivity index (χ0) is 17.0. The van der Waals surface area contributed by atoms with Gasteiger partial charge < -0.3 is 9.30 Å². The topological polar surface area (TPSA) is 73.2 Å². The first-order valence-corrected chi connectivity index (χ1v) is 9.13. The van der Waals surface area contributed by atoms with E-state index in [1.165, 1.54) is 13.2 Å². The van der Waals surface area contributed by atoms with E-state index in [0.717, 1.165) is 11.0 Å². The van der Waals surface area contributed by atoms with Crippen molar-refractivity contribution >= 4 is 21.1 Å². The number of methoxy groups -OCH3 is 1. The molecule has 1 N–H and O–H groups in total. The number of rotatable bonds is 7. The van der Waals surface area contributed by atoms with Gasteiger partial charge >= 0.3 is 0 Å². The molecule has 7 heteroatoms. The maximum atomic E-state index is 12.4. The summed E-state index contributed by atoms with van der Waals surface area (Å²) in [5.74, 6) is 0.339. The van der Waals surface area contributed by atoms with E-state index in [9.17, 15) is 8.42 Å². The standard InChI is InChI=1S/C17H19N3O3S/c1-23-15-7-2-3-8-16(15)24(21,22)19-11-5-12-20-13-9-14-6-4-10-18-17(14)20/h2-4,6-10,13,19H,5,11-12H2,1H3. The molecule has 0 spiro atoms. The molecule has 0 radical (unpaired) electrons. The van der Waals surface area contributed by atoms with E-state index in [1.807, 2.05) is 29.0 Å². The summed E-state index contributed by atoms with van der Waals surface area (Å²) in [6.07, 6.45) is 4.38. The highest BCUT2D eigenvalue weighted by molar-refractivity contribution is 7.89. The molecule has 6 nitrogen and oxygen atoms in total. The van der Waals surface area contributed by atoms with Crippen molar-refractivity contribution in [3.05, 3.63) is 54.9 Å². The summed E-state index contributed by atoms with van der Waals surface area (Å²) >= 11 is 0. The Morgan fingerprint density at radius 3 is 2.83 bits per heavy atom. The average molecular weight is 345 g/mol. The van der Waals surface area contributed by atoms with Gasteiger partial charge in [-0.25, -0.2) is 18.1 Å². The van der Waals surface area contributed by atoms with Gasteiger partial charge in [-0.05, 0) is 36.8 Å². The first-order chi connectivity index (χ1) is 11.6. The third-order valence-corrected chi connectivity index (χ3v) is 5.25. The van der Waals surface area contributed by atoms with Gasteiger partial charge in [0.1, 0.15) is 16.3 Å². The van der Waals surface area contributed by atoms with Gasteiger partial charge in [0.25, 0.3) is 0 Å². The lowest BCUT2D eigenvalue weighted by atomic mass is 10.3. The predicted octanol–water partition coefficient (Wildman–Crippen LogP) is 2.41. The molecule has 3 rings (SSSR count). The number of pyridine rings is 1. The number of benzene rings is 1. The van der Waals surface area contributed by atoms with Crippen molar-refractivity contribution in [2.75, 3.05) is 13.7 Å². The van der Waals surface area contributed by atoms with Crippen LogP contribution in [0.3, 0.4) is 0 Å². The maximum absolute atomic E-state index is 12.4. The Labute approximate surface area is 141 Å². The summed E-state index contributed by atoms with van der Waals surface area (Å²) in [5, 5.41) is 1.08. The van der Waals surface area contributed by atoms with Crippen molar-refractivity contribution in [2.24, 2.45) is 0 Å². The number of ether oxygens (including phenoxy) is 1. The van der Waals surface area contributed by atoms with Gasteiger partial charge in [-0.1, -0.05) is 12.1 Å². The van der Waals surface area contributed by atoms with Gasteiger partial charge in [0.05, 0.1) is 7.11 Å². The molecule has 126 valence electrons. The fraction of sp³-hybridized carbons (Fsp3) is 0.235. The molecule has 0 atom stereocenters. The molecule has 0 aliphatic heterocycles. The highest BCUT2D eigenvalue weighted by atomic mass is 32.2. The van der Waals surface area contributed by atoms with E-state index in [4.69, 9.17) is 4.74 Å². The predicted molar refractivity (Wildman–Crippen MR) is 92.5 cm³/mol. The van der Waals surface area contributed by atoms with Crippen molar-refractivity contribution in [1.82, 2.24) is 14.3 Å². The van der Waals surface area contributed by atoms with Crippen LogP contribution >= 0.6 is 0 Å². The number of sulfonamides is 1. The number of fused-ring (bicyclic) bond motifs is 1. The minimum Gasteiger partial charge on any atom is -0.495 e.